The van der Waals surface area contributed by atoms with E-state index in [-0.39, 0.29) is 16.5 Å². The first-order valence-corrected chi connectivity index (χ1v) is 12.4. The average Bonchev–Trinajstić information content (AvgIpc) is 3.28. The Morgan fingerprint density at radius 1 is 1.06 bits per heavy atom. The molecule has 0 atom stereocenters. The highest BCUT2D eigenvalue weighted by atomic mass is 32.2. The van der Waals surface area contributed by atoms with Gasteiger partial charge in [-0.1, -0.05) is 55.7 Å². The smallest absolute Gasteiger partial charge is 0.257 e. The maximum absolute atomic E-state index is 13.1. The molecule has 2 aromatic carbocycles. The highest BCUT2D eigenvalue weighted by Crippen LogP contribution is 2.27. The molecule has 9 heteroatoms. The Balaban J connectivity index is 1.50. The lowest BCUT2D eigenvalue weighted by Crippen LogP contribution is -2.38. The minimum absolute atomic E-state index is 0.00836. The third kappa shape index (κ3) is 4.84. The second-order valence-electron chi connectivity index (χ2n) is 7.58. The van der Waals surface area contributed by atoms with Crippen molar-refractivity contribution < 1.29 is 13.2 Å². The molecule has 0 aliphatic heterocycles. The Morgan fingerprint density at radius 2 is 1.81 bits per heavy atom. The summed E-state index contributed by atoms with van der Waals surface area (Å²) >= 11 is 1.08. The predicted octanol–water partition coefficient (Wildman–Crippen LogP) is 4.41. The van der Waals surface area contributed by atoms with E-state index in [9.17, 15) is 13.2 Å². The molecular formula is C22H24N4O3S2. The fourth-order valence-electron chi connectivity index (χ4n) is 3.75. The third-order valence-corrected chi connectivity index (χ3v) is 8.08. The molecule has 31 heavy (non-hydrogen) atoms. The van der Waals surface area contributed by atoms with Gasteiger partial charge in [0.15, 0.2) is 5.82 Å². The fourth-order valence-corrected chi connectivity index (χ4v) is 5.80. The molecule has 0 saturated heterocycles. The van der Waals surface area contributed by atoms with Crippen LogP contribution < -0.4 is 5.32 Å². The number of carbonyl (C=O) groups excluding carboxylic acids is 1. The van der Waals surface area contributed by atoms with Crippen molar-refractivity contribution in [3.05, 3.63) is 60.2 Å². The Kier molecular flexibility index (Phi) is 6.45. The summed E-state index contributed by atoms with van der Waals surface area (Å²) < 4.78 is 31.9. The van der Waals surface area contributed by atoms with E-state index in [4.69, 9.17) is 0 Å². The largest absolute Gasteiger partial charge is 0.297 e. The molecule has 1 aliphatic rings. The number of carbonyl (C=O) groups is 1. The molecule has 1 aromatic heterocycles. The van der Waals surface area contributed by atoms with E-state index in [2.05, 4.69) is 14.7 Å². The molecule has 0 radical (unpaired) electrons. The molecule has 1 amide bonds. The van der Waals surface area contributed by atoms with E-state index in [0.717, 1.165) is 49.2 Å². The quantitative estimate of drug-likeness (QED) is 0.593. The first kappa shape index (κ1) is 21.6. The number of nitrogens with zero attached hydrogens (tertiary/aromatic N) is 3. The van der Waals surface area contributed by atoms with Gasteiger partial charge in [-0.2, -0.15) is 13.7 Å². The molecule has 7 nitrogen and oxygen atoms in total. The zero-order valence-corrected chi connectivity index (χ0v) is 18.8. The van der Waals surface area contributed by atoms with Crippen LogP contribution in [0.15, 0.2) is 59.5 Å². The molecular weight excluding hydrogens is 432 g/mol. The molecule has 1 N–H and O–H groups in total. The van der Waals surface area contributed by atoms with Crippen molar-refractivity contribution in [3.63, 3.8) is 0 Å². The summed E-state index contributed by atoms with van der Waals surface area (Å²) in [5, 5.41) is 3.07. The van der Waals surface area contributed by atoms with Crippen LogP contribution in [0.5, 0.6) is 0 Å². The van der Waals surface area contributed by atoms with Crippen molar-refractivity contribution in [1.82, 2.24) is 13.7 Å². The van der Waals surface area contributed by atoms with Gasteiger partial charge in [0.1, 0.15) is 0 Å². The molecule has 3 aromatic rings. The normalized spacial score (nSPS) is 15.2. The molecule has 0 spiro atoms. The lowest BCUT2D eigenvalue weighted by molar-refractivity contribution is 0.102. The van der Waals surface area contributed by atoms with Gasteiger partial charge < -0.3 is 0 Å². The maximum atomic E-state index is 13.1. The third-order valence-electron chi connectivity index (χ3n) is 5.54. The molecule has 0 bridgehead atoms. The number of nitrogens with one attached hydrogen (secondary N) is 1. The van der Waals surface area contributed by atoms with Crippen LogP contribution in [0.2, 0.25) is 0 Å². The van der Waals surface area contributed by atoms with E-state index in [1.54, 1.807) is 19.2 Å². The van der Waals surface area contributed by atoms with E-state index < -0.39 is 15.9 Å². The summed E-state index contributed by atoms with van der Waals surface area (Å²) in [6.45, 7) is 0. The standard InChI is InChI=1S/C22H24N4O3S2/c1-26(18-12-6-3-7-13-18)31(28,29)19-14-8-11-17(15-19)21(27)24-22-23-20(25-30-22)16-9-4-2-5-10-16/h2,4-5,8-11,14-15,18H,3,6-7,12-13H2,1H3,(H,23,24,25,27). The van der Waals surface area contributed by atoms with E-state index >= 15 is 0 Å². The topological polar surface area (TPSA) is 92.3 Å². The van der Waals surface area contributed by atoms with Crippen LogP contribution in [0, 0.1) is 0 Å². The molecule has 0 unspecified atom stereocenters. The van der Waals surface area contributed by atoms with Gasteiger partial charge in [-0.15, -0.1) is 0 Å². The van der Waals surface area contributed by atoms with Gasteiger partial charge in [0.05, 0.1) is 4.90 Å². The van der Waals surface area contributed by atoms with Gasteiger partial charge in [0.25, 0.3) is 5.91 Å². The van der Waals surface area contributed by atoms with Crippen LogP contribution in [0.25, 0.3) is 11.4 Å². The summed E-state index contributed by atoms with van der Waals surface area (Å²) in [4.78, 5) is 17.2. The van der Waals surface area contributed by atoms with Crippen LogP contribution in [-0.4, -0.2) is 41.1 Å². The van der Waals surface area contributed by atoms with Gasteiger partial charge >= 0.3 is 0 Å². The number of hydrogen-bond donors (Lipinski definition) is 1. The molecule has 1 fully saturated rings. The number of aromatic nitrogens is 2. The zero-order valence-electron chi connectivity index (χ0n) is 17.2. The number of rotatable bonds is 6. The summed E-state index contributed by atoms with van der Waals surface area (Å²) in [5.74, 6) is 0.111. The summed E-state index contributed by atoms with van der Waals surface area (Å²) in [6, 6.07) is 15.6. The van der Waals surface area contributed by atoms with Crippen LogP contribution in [0.1, 0.15) is 42.5 Å². The van der Waals surface area contributed by atoms with Crippen LogP contribution in [0.3, 0.4) is 0 Å². The lowest BCUT2D eigenvalue weighted by Gasteiger charge is -2.30. The Labute approximate surface area is 186 Å². The molecule has 1 heterocycles. The number of sulfonamides is 1. The number of benzene rings is 2. The monoisotopic (exact) mass is 456 g/mol. The average molecular weight is 457 g/mol. The summed E-state index contributed by atoms with van der Waals surface area (Å²) in [7, 11) is -2.04. The van der Waals surface area contributed by atoms with Crippen molar-refractivity contribution in [3.8, 4) is 11.4 Å². The Hall–Kier alpha value is -2.62. The van der Waals surface area contributed by atoms with Gasteiger partial charge in [0, 0.05) is 35.7 Å². The van der Waals surface area contributed by atoms with E-state index in [1.165, 1.54) is 16.4 Å². The van der Waals surface area contributed by atoms with Crippen molar-refractivity contribution in [2.75, 3.05) is 12.4 Å². The minimum atomic E-state index is -3.67. The van der Waals surface area contributed by atoms with Gasteiger partial charge in [-0.3, -0.25) is 10.1 Å². The highest BCUT2D eigenvalue weighted by molar-refractivity contribution is 7.89. The van der Waals surface area contributed by atoms with E-state index in [1.807, 2.05) is 30.3 Å². The SMILES string of the molecule is CN(C1CCCCC1)S(=O)(=O)c1cccc(C(=O)Nc2nc(-c3ccccc3)ns2)c1. The van der Waals surface area contributed by atoms with Gasteiger partial charge in [-0.25, -0.2) is 8.42 Å². The van der Waals surface area contributed by atoms with Crippen molar-refractivity contribution in [2.45, 2.75) is 43.0 Å². The maximum Gasteiger partial charge on any atom is 0.257 e. The highest BCUT2D eigenvalue weighted by Gasteiger charge is 2.29. The lowest BCUT2D eigenvalue weighted by atomic mass is 9.96. The fraction of sp³-hybridized carbons (Fsp3) is 0.318. The van der Waals surface area contributed by atoms with Crippen molar-refractivity contribution >= 4 is 32.6 Å². The minimum Gasteiger partial charge on any atom is -0.297 e. The number of amides is 1. The van der Waals surface area contributed by atoms with E-state index in [0.29, 0.717) is 11.0 Å². The second kappa shape index (κ2) is 9.25. The zero-order chi connectivity index (χ0) is 21.8. The number of hydrogen-bond acceptors (Lipinski definition) is 6. The molecule has 1 aliphatic carbocycles. The first-order chi connectivity index (χ1) is 14.9. The van der Waals surface area contributed by atoms with Crippen LogP contribution >= 0.6 is 11.5 Å². The summed E-state index contributed by atoms with van der Waals surface area (Å²) in [5.41, 5.74) is 1.12. The first-order valence-electron chi connectivity index (χ1n) is 10.2. The van der Waals surface area contributed by atoms with Crippen LogP contribution in [-0.2, 0) is 10.0 Å². The van der Waals surface area contributed by atoms with Gasteiger partial charge in [0.2, 0.25) is 15.2 Å². The van der Waals surface area contributed by atoms with Crippen molar-refractivity contribution in [1.29, 1.82) is 0 Å². The molecule has 4 rings (SSSR count). The number of anilines is 1. The predicted molar refractivity (Wildman–Crippen MR) is 122 cm³/mol. The van der Waals surface area contributed by atoms with Crippen LogP contribution in [0.4, 0.5) is 5.13 Å². The summed E-state index contributed by atoms with van der Waals surface area (Å²) in [6.07, 6.45) is 4.98. The second-order valence-corrected chi connectivity index (χ2v) is 10.3. The Morgan fingerprint density at radius 3 is 2.55 bits per heavy atom. The molecule has 1 saturated carbocycles. The van der Waals surface area contributed by atoms with Gasteiger partial charge in [-0.05, 0) is 31.0 Å². The van der Waals surface area contributed by atoms with Crippen molar-refractivity contribution in [2.24, 2.45) is 0 Å². The molecule has 162 valence electrons. The Bertz CT molecular complexity index is 1160.